The highest BCUT2D eigenvalue weighted by molar-refractivity contribution is 5.78. The van der Waals surface area contributed by atoms with Crippen LogP contribution in [0.25, 0.3) is 0 Å². The van der Waals surface area contributed by atoms with Gasteiger partial charge < -0.3 is 24.4 Å². The SMILES string of the molecule is Cn1cnnc1CC1(c2cccc(N3Cc4c(cc(CN5CCC[C@@]5(C)C(=O)O)cc4C(F)(F)F)C3O)c2)COC1. The van der Waals surface area contributed by atoms with E-state index in [1.807, 2.05) is 29.8 Å². The summed E-state index contributed by atoms with van der Waals surface area (Å²) >= 11 is 0. The molecule has 0 radical (unpaired) electrons. The molecule has 3 aromatic rings. The van der Waals surface area contributed by atoms with Crippen molar-refractivity contribution in [2.24, 2.45) is 7.05 Å². The molecule has 0 saturated carbocycles. The van der Waals surface area contributed by atoms with Gasteiger partial charge in [0.1, 0.15) is 17.7 Å². The summed E-state index contributed by atoms with van der Waals surface area (Å²) in [5.74, 6) is -0.196. The number of fused-ring (bicyclic) bond motifs is 1. The van der Waals surface area contributed by atoms with Crippen molar-refractivity contribution in [3.63, 3.8) is 0 Å². The molecule has 1 unspecified atom stereocenters. The number of rotatable bonds is 7. The highest BCUT2D eigenvalue weighted by Gasteiger charge is 2.45. The van der Waals surface area contributed by atoms with Crippen LogP contribution in [-0.2, 0) is 47.7 Å². The number of aromatic nitrogens is 3. The van der Waals surface area contributed by atoms with Crippen LogP contribution in [0.15, 0.2) is 42.7 Å². The highest BCUT2D eigenvalue weighted by Crippen LogP contribution is 2.45. The van der Waals surface area contributed by atoms with Crippen molar-refractivity contribution < 1.29 is 32.9 Å². The molecule has 9 nitrogen and oxygen atoms in total. The molecule has 3 aliphatic rings. The summed E-state index contributed by atoms with van der Waals surface area (Å²) in [5.41, 5.74) is -0.201. The van der Waals surface area contributed by atoms with Gasteiger partial charge in [-0.05, 0) is 67.3 Å². The zero-order chi connectivity index (χ0) is 29.2. The number of aliphatic hydroxyl groups excluding tert-OH is 1. The Bertz CT molecular complexity index is 1490. The molecule has 4 heterocycles. The quantitative estimate of drug-likeness (QED) is 0.442. The molecule has 2 atom stereocenters. The van der Waals surface area contributed by atoms with Gasteiger partial charge in [0, 0.05) is 43.2 Å². The Morgan fingerprint density at radius 1 is 1.22 bits per heavy atom. The molecule has 41 heavy (non-hydrogen) atoms. The minimum Gasteiger partial charge on any atom is -0.480 e. The van der Waals surface area contributed by atoms with E-state index in [1.165, 1.54) is 0 Å². The van der Waals surface area contributed by atoms with Gasteiger partial charge in [-0.15, -0.1) is 10.2 Å². The number of carboxylic acids is 1. The van der Waals surface area contributed by atoms with Gasteiger partial charge in [-0.2, -0.15) is 13.2 Å². The van der Waals surface area contributed by atoms with Gasteiger partial charge in [0.05, 0.1) is 18.8 Å². The Hall–Kier alpha value is -3.48. The fraction of sp³-hybridized carbons (Fsp3) is 0.483. The molecule has 1 aromatic heterocycles. The molecular weight excluding hydrogens is 539 g/mol. The van der Waals surface area contributed by atoms with Crippen molar-refractivity contribution in [3.05, 3.63) is 76.4 Å². The van der Waals surface area contributed by atoms with Crippen molar-refractivity contribution >= 4 is 11.7 Å². The van der Waals surface area contributed by atoms with Crippen molar-refractivity contribution in [1.82, 2.24) is 19.7 Å². The molecule has 0 bridgehead atoms. The van der Waals surface area contributed by atoms with Gasteiger partial charge in [0.2, 0.25) is 0 Å². The number of hydrogen-bond acceptors (Lipinski definition) is 7. The molecule has 218 valence electrons. The second-order valence-corrected chi connectivity index (χ2v) is 11.7. The minimum absolute atomic E-state index is 0.0300. The number of ether oxygens (including phenoxy) is 1. The third-order valence-corrected chi connectivity index (χ3v) is 9.02. The van der Waals surface area contributed by atoms with Crippen LogP contribution in [-0.4, -0.2) is 61.1 Å². The molecule has 2 saturated heterocycles. The van der Waals surface area contributed by atoms with Crippen molar-refractivity contribution in [2.45, 2.75) is 62.6 Å². The summed E-state index contributed by atoms with van der Waals surface area (Å²) in [7, 11) is 1.87. The summed E-state index contributed by atoms with van der Waals surface area (Å²) in [6, 6.07) is 10.2. The Morgan fingerprint density at radius 3 is 2.63 bits per heavy atom. The maximum atomic E-state index is 14.3. The van der Waals surface area contributed by atoms with Crippen molar-refractivity contribution in [2.75, 3.05) is 24.7 Å². The molecule has 2 aromatic carbocycles. The Morgan fingerprint density at radius 2 is 2.00 bits per heavy atom. The number of carbonyl (C=O) groups is 1. The van der Waals surface area contributed by atoms with Gasteiger partial charge in [0.15, 0.2) is 6.23 Å². The molecule has 0 amide bonds. The smallest absolute Gasteiger partial charge is 0.416 e. The number of alkyl halides is 3. The molecule has 12 heteroatoms. The maximum absolute atomic E-state index is 14.3. The number of aliphatic carboxylic acids is 1. The first kappa shape index (κ1) is 27.7. The number of nitrogens with zero attached hydrogens (tertiary/aromatic N) is 5. The largest absolute Gasteiger partial charge is 0.480 e. The number of anilines is 1. The first-order valence-electron chi connectivity index (χ1n) is 13.6. The standard InChI is InChI=1S/C29H32F3N5O4/c1-27(26(39)40)7-4-8-36(27)13-18-9-21-22(23(10-18)29(30,31)32)14-37(25(21)38)20-6-3-5-19(11-20)28(15-41-16-28)12-24-34-33-17-35(24)2/h3,5-6,9-11,17,25,38H,4,7-8,12-16H2,1-2H3,(H,39,40)/t25?,27-/m0/s1. The summed E-state index contributed by atoms with van der Waals surface area (Å²) in [4.78, 5) is 15.2. The van der Waals surface area contributed by atoms with Gasteiger partial charge in [0.25, 0.3) is 0 Å². The van der Waals surface area contributed by atoms with E-state index in [0.717, 1.165) is 17.5 Å². The molecule has 0 spiro atoms. The molecule has 2 N–H and O–H groups in total. The van der Waals surface area contributed by atoms with Crippen LogP contribution in [0.1, 0.15) is 59.6 Å². The van der Waals surface area contributed by atoms with Crippen LogP contribution < -0.4 is 4.90 Å². The van der Waals surface area contributed by atoms with E-state index in [1.54, 1.807) is 35.2 Å². The third-order valence-electron chi connectivity index (χ3n) is 9.02. The lowest BCUT2D eigenvalue weighted by Crippen LogP contribution is -2.49. The first-order chi connectivity index (χ1) is 19.4. The summed E-state index contributed by atoms with van der Waals surface area (Å²) in [6.45, 7) is 2.96. The average molecular weight is 572 g/mol. The van der Waals surface area contributed by atoms with Crippen LogP contribution in [0.4, 0.5) is 18.9 Å². The van der Waals surface area contributed by atoms with E-state index in [0.29, 0.717) is 50.3 Å². The maximum Gasteiger partial charge on any atom is 0.416 e. The number of hydrogen-bond donors (Lipinski definition) is 2. The zero-order valence-electron chi connectivity index (χ0n) is 22.9. The van der Waals surface area contributed by atoms with Gasteiger partial charge in [-0.1, -0.05) is 12.1 Å². The lowest BCUT2D eigenvalue weighted by atomic mass is 9.75. The van der Waals surface area contributed by atoms with Crippen LogP contribution in [0, 0.1) is 0 Å². The molecular formula is C29H32F3N5O4. The van der Waals surface area contributed by atoms with E-state index >= 15 is 0 Å². The summed E-state index contributed by atoms with van der Waals surface area (Å²) in [6.07, 6.45) is -2.64. The highest BCUT2D eigenvalue weighted by atomic mass is 19.4. The Labute approximate surface area is 235 Å². The monoisotopic (exact) mass is 571 g/mol. The third kappa shape index (κ3) is 4.67. The van der Waals surface area contributed by atoms with Crippen LogP contribution in [0.5, 0.6) is 0 Å². The summed E-state index contributed by atoms with van der Waals surface area (Å²) < 4.78 is 50.4. The summed E-state index contributed by atoms with van der Waals surface area (Å²) in [5, 5.41) is 29.3. The van der Waals surface area contributed by atoms with Crippen LogP contribution >= 0.6 is 0 Å². The van der Waals surface area contributed by atoms with Crippen LogP contribution in [0.2, 0.25) is 0 Å². The Kier molecular flexibility index (Phi) is 6.63. The van der Waals surface area contributed by atoms with E-state index in [4.69, 9.17) is 4.74 Å². The fourth-order valence-corrected chi connectivity index (χ4v) is 6.40. The predicted octanol–water partition coefficient (Wildman–Crippen LogP) is 3.79. The van der Waals surface area contributed by atoms with Gasteiger partial charge in [-0.25, -0.2) is 0 Å². The van der Waals surface area contributed by atoms with E-state index in [9.17, 15) is 28.2 Å². The lowest BCUT2D eigenvalue weighted by molar-refractivity contribution is -0.149. The normalized spacial score (nSPS) is 24.0. The number of benzene rings is 2. The Balaban J connectivity index is 1.32. The topological polar surface area (TPSA) is 104 Å². The van der Waals surface area contributed by atoms with Crippen molar-refractivity contribution in [3.8, 4) is 0 Å². The van der Waals surface area contributed by atoms with Crippen LogP contribution in [0.3, 0.4) is 0 Å². The zero-order valence-corrected chi connectivity index (χ0v) is 22.9. The second kappa shape index (κ2) is 9.81. The van der Waals surface area contributed by atoms with E-state index in [2.05, 4.69) is 10.2 Å². The second-order valence-electron chi connectivity index (χ2n) is 11.7. The minimum atomic E-state index is -4.64. The lowest BCUT2D eigenvalue weighted by Gasteiger charge is -2.42. The predicted molar refractivity (Wildman–Crippen MR) is 142 cm³/mol. The van der Waals surface area contributed by atoms with E-state index < -0.39 is 29.5 Å². The fourth-order valence-electron chi connectivity index (χ4n) is 6.40. The number of carboxylic acid groups (broad SMARTS) is 1. The number of halogens is 3. The number of aryl methyl sites for hydroxylation is 1. The number of likely N-dealkylation sites (tertiary alicyclic amines) is 1. The molecule has 2 fully saturated rings. The van der Waals surface area contributed by atoms with E-state index in [-0.39, 0.29) is 29.6 Å². The van der Waals surface area contributed by atoms with Gasteiger partial charge in [-0.3, -0.25) is 9.69 Å². The first-order valence-corrected chi connectivity index (χ1v) is 13.6. The number of aliphatic hydroxyl groups is 1. The van der Waals surface area contributed by atoms with Gasteiger partial charge >= 0.3 is 12.1 Å². The molecule has 6 rings (SSSR count). The van der Waals surface area contributed by atoms with Crippen molar-refractivity contribution in [1.29, 1.82) is 0 Å². The molecule has 0 aliphatic carbocycles. The average Bonchev–Trinajstić information content (AvgIpc) is 3.58. The molecule has 3 aliphatic heterocycles.